The van der Waals surface area contributed by atoms with Crippen LogP contribution in [0.5, 0.6) is 5.75 Å². The number of nitrogens with zero attached hydrogens (tertiary/aromatic N) is 3. The standard InChI is InChI=1S/C20H14N4O/c1-25-13-9-10-14-12(11-13)5-4-7-15(14)18-20-19(22-24-23-20)16-6-2-3-8-17(16)21-18/h2-11H,1H3,(H,22,23,24). The van der Waals surface area contributed by atoms with Crippen LogP contribution >= 0.6 is 0 Å². The quantitative estimate of drug-likeness (QED) is 0.524. The molecule has 3 aromatic carbocycles. The van der Waals surface area contributed by atoms with Crippen molar-refractivity contribution in [2.24, 2.45) is 0 Å². The zero-order chi connectivity index (χ0) is 16.8. The third kappa shape index (κ3) is 2.06. The number of para-hydroxylation sites is 1. The van der Waals surface area contributed by atoms with Gasteiger partial charge in [-0.15, -0.1) is 0 Å². The van der Waals surface area contributed by atoms with E-state index in [1.165, 1.54) is 0 Å². The zero-order valence-electron chi connectivity index (χ0n) is 13.5. The van der Waals surface area contributed by atoms with Gasteiger partial charge in [-0.05, 0) is 29.0 Å². The van der Waals surface area contributed by atoms with Crippen LogP contribution in [0.4, 0.5) is 0 Å². The molecule has 5 heteroatoms. The fourth-order valence-electron chi connectivity index (χ4n) is 3.31. The van der Waals surface area contributed by atoms with Crippen LogP contribution in [-0.4, -0.2) is 27.5 Å². The first kappa shape index (κ1) is 13.9. The van der Waals surface area contributed by atoms with Crippen molar-refractivity contribution in [3.63, 3.8) is 0 Å². The van der Waals surface area contributed by atoms with Crippen molar-refractivity contribution in [1.82, 2.24) is 20.4 Å². The molecule has 5 rings (SSSR count). The summed E-state index contributed by atoms with van der Waals surface area (Å²) in [7, 11) is 1.68. The average Bonchev–Trinajstić information content (AvgIpc) is 3.16. The van der Waals surface area contributed by atoms with Gasteiger partial charge in [0.2, 0.25) is 0 Å². The molecule has 0 saturated heterocycles. The fourth-order valence-corrected chi connectivity index (χ4v) is 3.31. The molecule has 0 unspecified atom stereocenters. The highest BCUT2D eigenvalue weighted by Crippen LogP contribution is 2.34. The van der Waals surface area contributed by atoms with Crippen molar-refractivity contribution in [1.29, 1.82) is 0 Å². The van der Waals surface area contributed by atoms with Crippen LogP contribution < -0.4 is 4.74 Å². The van der Waals surface area contributed by atoms with E-state index in [0.29, 0.717) is 0 Å². The molecule has 0 aliphatic carbocycles. The Morgan fingerprint density at radius 1 is 0.840 bits per heavy atom. The van der Waals surface area contributed by atoms with Gasteiger partial charge in [0.25, 0.3) is 0 Å². The monoisotopic (exact) mass is 326 g/mol. The first-order valence-corrected chi connectivity index (χ1v) is 8.01. The molecular weight excluding hydrogens is 312 g/mol. The van der Waals surface area contributed by atoms with Gasteiger partial charge < -0.3 is 4.74 Å². The molecule has 120 valence electrons. The highest BCUT2D eigenvalue weighted by molar-refractivity contribution is 6.10. The van der Waals surface area contributed by atoms with Gasteiger partial charge >= 0.3 is 0 Å². The molecule has 0 amide bonds. The minimum absolute atomic E-state index is 0.780. The van der Waals surface area contributed by atoms with Gasteiger partial charge in [0.15, 0.2) is 0 Å². The van der Waals surface area contributed by atoms with Gasteiger partial charge in [-0.3, -0.25) is 0 Å². The molecule has 0 atom stereocenters. The summed E-state index contributed by atoms with van der Waals surface area (Å²) in [5.41, 5.74) is 4.39. The van der Waals surface area contributed by atoms with Crippen LogP contribution in [0.1, 0.15) is 0 Å². The minimum atomic E-state index is 0.780. The number of hydrogen-bond acceptors (Lipinski definition) is 4. The van der Waals surface area contributed by atoms with Crippen molar-refractivity contribution in [2.45, 2.75) is 0 Å². The summed E-state index contributed by atoms with van der Waals surface area (Å²) in [6, 6.07) is 20.2. The maximum absolute atomic E-state index is 5.34. The van der Waals surface area contributed by atoms with Crippen molar-refractivity contribution >= 4 is 32.7 Å². The Morgan fingerprint density at radius 2 is 1.72 bits per heavy atom. The van der Waals surface area contributed by atoms with E-state index in [0.717, 1.165) is 49.7 Å². The summed E-state index contributed by atoms with van der Waals surface area (Å²) in [6.45, 7) is 0. The van der Waals surface area contributed by atoms with Crippen molar-refractivity contribution in [3.8, 4) is 17.0 Å². The SMILES string of the molecule is COc1ccc2c(-c3nc4ccccc4c4n[nH]nc34)cccc2c1. The smallest absolute Gasteiger partial charge is 0.139 e. The number of hydrogen-bond donors (Lipinski definition) is 1. The zero-order valence-corrected chi connectivity index (χ0v) is 13.5. The molecule has 2 aromatic heterocycles. The van der Waals surface area contributed by atoms with Crippen LogP contribution in [0, 0.1) is 0 Å². The van der Waals surface area contributed by atoms with E-state index in [1.807, 2.05) is 42.5 Å². The lowest BCUT2D eigenvalue weighted by atomic mass is 10.00. The van der Waals surface area contributed by atoms with Crippen LogP contribution in [0.15, 0.2) is 60.7 Å². The van der Waals surface area contributed by atoms with Crippen LogP contribution in [0.2, 0.25) is 0 Å². The van der Waals surface area contributed by atoms with E-state index in [-0.39, 0.29) is 0 Å². The Labute approximate surface area is 143 Å². The van der Waals surface area contributed by atoms with E-state index < -0.39 is 0 Å². The van der Waals surface area contributed by atoms with Crippen LogP contribution in [0.3, 0.4) is 0 Å². The van der Waals surface area contributed by atoms with Crippen molar-refractivity contribution in [2.75, 3.05) is 7.11 Å². The molecule has 0 spiro atoms. The normalized spacial score (nSPS) is 11.4. The lowest BCUT2D eigenvalue weighted by Gasteiger charge is -2.09. The summed E-state index contributed by atoms with van der Waals surface area (Å²) in [5, 5.41) is 14.7. The lowest BCUT2D eigenvalue weighted by Crippen LogP contribution is -1.91. The van der Waals surface area contributed by atoms with Gasteiger partial charge in [0.1, 0.15) is 22.5 Å². The summed E-state index contributed by atoms with van der Waals surface area (Å²) in [6.07, 6.45) is 0. The molecule has 0 aliphatic rings. The number of rotatable bonds is 2. The number of benzene rings is 3. The number of aromatic nitrogens is 4. The molecule has 1 N–H and O–H groups in total. The van der Waals surface area contributed by atoms with E-state index >= 15 is 0 Å². The van der Waals surface area contributed by atoms with E-state index in [9.17, 15) is 0 Å². The maximum Gasteiger partial charge on any atom is 0.139 e. The Bertz CT molecular complexity index is 1240. The average molecular weight is 326 g/mol. The maximum atomic E-state index is 5.34. The topological polar surface area (TPSA) is 63.7 Å². The molecule has 0 aliphatic heterocycles. The van der Waals surface area contributed by atoms with Gasteiger partial charge in [0.05, 0.1) is 12.6 Å². The van der Waals surface area contributed by atoms with Gasteiger partial charge in [-0.25, -0.2) is 4.98 Å². The molecule has 0 radical (unpaired) electrons. The second-order valence-corrected chi connectivity index (χ2v) is 5.89. The second-order valence-electron chi connectivity index (χ2n) is 5.89. The summed E-state index contributed by atoms with van der Waals surface area (Å²) in [4.78, 5) is 4.88. The Kier molecular flexibility index (Phi) is 2.94. The summed E-state index contributed by atoms with van der Waals surface area (Å²) >= 11 is 0. The Balaban J connectivity index is 1.89. The van der Waals surface area contributed by atoms with Gasteiger partial charge in [0, 0.05) is 10.9 Å². The number of methoxy groups -OCH3 is 1. The predicted octanol–water partition coefficient (Wildman–Crippen LogP) is 4.33. The lowest BCUT2D eigenvalue weighted by molar-refractivity contribution is 0.415. The minimum Gasteiger partial charge on any atom is -0.497 e. The number of aromatic amines is 1. The highest BCUT2D eigenvalue weighted by Gasteiger charge is 2.15. The summed E-state index contributed by atoms with van der Waals surface area (Å²) < 4.78 is 5.34. The van der Waals surface area contributed by atoms with Gasteiger partial charge in [-0.2, -0.15) is 15.4 Å². The first-order valence-electron chi connectivity index (χ1n) is 8.01. The molecule has 2 heterocycles. The highest BCUT2D eigenvalue weighted by atomic mass is 16.5. The molecule has 0 bridgehead atoms. The number of fused-ring (bicyclic) bond motifs is 4. The van der Waals surface area contributed by atoms with Crippen LogP contribution in [-0.2, 0) is 0 Å². The molecule has 5 nitrogen and oxygen atoms in total. The fraction of sp³-hybridized carbons (Fsp3) is 0.0500. The molecule has 25 heavy (non-hydrogen) atoms. The molecule has 0 saturated carbocycles. The molecule has 5 aromatic rings. The number of ether oxygens (including phenoxy) is 1. The molecule has 0 fully saturated rings. The van der Waals surface area contributed by atoms with E-state index in [1.54, 1.807) is 7.11 Å². The third-order valence-corrected chi connectivity index (χ3v) is 4.51. The van der Waals surface area contributed by atoms with Crippen molar-refractivity contribution in [3.05, 3.63) is 60.7 Å². The number of pyridine rings is 1. The van der Waals surface area contributed by atoms with Gasteiger partial charge in [-0.1, -0.05) is 42.5 Å². The Hall–Kier alpha value is -3.47. The first-order chi connectivity index (χ1) is 12.3. The largest absolute Gasteiger partial charge is 0.497 e. The van der Waals surface area contributed by atoms with Crippen LogP contribution in [0.25, 0.3) is 44.0 Å². The number of H-pyrrole nitrogens is 1. The number of nitrogens with one attached hydrogen (secondary N) is 1. The predicted molar refractivity (Wildman–Crippen MR) is 98.7 cm³/mol. The molecular formula is C20H14N4O. The van der Waals surface area contributed by atoms with Crippen molar-refractivity contribution < 1.29 is 4.74 Å². The van der Waals surface area contributed by atoms with E-state index in [2.05, 4.69) is 33.6 Å². The Morgan fingerprint density at radius 3 is 2.64 bits per heavy atom. The second kappa shape index (κ2) is 5.27. The van der Waals surface area contributed by atoms with E-state index in [4.69, 9.17) is 9.72 Å². The third-order valence-electron chi connectivity index (χ3n) is 4.51. The summed E-state index contributed by atoms with van der Waals surface area (Å²) in [5.74, 6) is 0.836.